The molecule has 1 N–H and O–H groups in total. The lowest BCUT2D eigenvalue weighted by atomic mass is 10.1. The molecule has 0 aliphatic heterocycles. The van der Waals surface area contributed by atoms with Crippen molar-refractivity contribution < 1.29 is 13.9 Å². The Balaban J connectivity index is 2.04. The second-order valence-electron chi connectivity index (χ2n) is 4.47. The van der Waals surface area contributed by atoms with Crippen LogP contribution in [0.5, 0.6) is 0 Å². The van der Waals surface area contributed by atoms with Gasteiger partial charge in [0.25, 0.3) is 5.91 Å². The summed E-state index contributed by atoms with van der Waals surface area (Å²) in [6, 6.07) is 12.9. The zero-order chi connectivity index (χ0) is 15.2. The van der Waals surface area contributed by atoms with Crippen molar-refractivity contribution in [3.63, 3.8) is 0 Å². The molecule has 2 aromatic rings. The number of carbonyl (C=O) groups is 1. The van der Waals surface area contributed by atoms with E-state index < -0.39 is 6.10 Å². The van der Waals surface area contributed by atoms with Crippen LogP contribution in [-0.2, 0) is 4.74 Å². The fourth-order valence-corrected chi connectivity index (χ4v) is 2.19. The molecule has 2 aromatic carbocycles. The highest BCUT2D eigenvalue weighted by Crippen LogP contribution is 2.18. The average molecular weight is 308 g/mol. The first-order valence-electron chi connectivity index (χ1n) is 6.43. The van der Waals surface area contributed by atoms with Crippen LogP contribution >= 0.6 is 11.6 Å². The Morgan fingerprint density at radius 2 is 2.05 bits per heavy atom. The molecule has 0 saturated carbocycles. The Labute approximate surface area is 127 Å². The first kappa shape index (κ1) is 15.5. The lowest BCUT2D eigenvalue weighted by molar-refractivity contribution is 0.0827. The number of hydrogen-bond donors (Lipinski definition) is 1. The van der Waals surface area contributed by atoms with E-state index >= 15 is 0 Å². The summed E-state index contributed by atoms with van der Waals surface area (Å²) in [4.78, 5) is 12.1. The molecule has 0 radical (unpaired) electrons. The van der Waals surface area contributed by atoms with Gasteiger partial charge in [0.1, 0.15) is 5.82 Å². The van der Waals surface area contributed by atoms with Gasteiger partial charge in [0, 0.05) is 13.7 Å². The van der Waals surface area contributed by atoms with E-state index in [2.05, 4.69) is 5.32 Å². The van der Waals surface area contributed by atoms with Crippen LogP contribution in [0.4, 0.5) is 4.39 Å². The first-order valence-corrected chi connectivity index (χ1v) is 6.80. The molecule has 21 heavy (non-hydrogen) atoms. The Hall–Kier alpha value is -1.91. The van der Waals surface area contributed by atoms with Crippen molar-refractivity contribution in [1.82, 2.24) is 5.32 Å². The van der Waals surface area contributed by atoms with Crippen molar-refractivity contribution in [2.45, 2.75) is 6.10 Å². The molecule has 0 spiro atoms. The van der Waals surface area contributed by atoms with Crippen molar-refractivity contribution in [3.05, 3.63) is 70.5 Å². The summed E-state index contributed by atoms with van der Waals surface area (Å²) in [5.41, 5.74) is 1.06. The molecule has 2 rings (SSSR count). The van der Waals surface area contributed by atoms with E-state index in [1.807, 2.05) is 0 Å². The minimum Gasteiger partial charge on any atom is -0.375 e. The van der Waals surface area contributed by atoms with E-state index in [9.17, 15) is 9.18 Å². The molecule has 1 atom stereocenters. The van der Waals surface area contributed by atoms with E-state index in [1.165, 1.54) is 19.2 Å². The Bertz CT molecular complexity index is 633. The van der Waals surface area contributed by atoms with Crippen LogP contribution in [-0.4, -0.2) is 19.6 Å². The van der Waals surface area contributed by atoms with Gasteiger partial charge in [-0.1, -0.05) is 35.9 Å². The van der Waals surface area contributed by atoms with Crippen molar-refractivity contribution in [3.8, 4) is 0 Å². The third-order valence-corrected chi connectivity index (χ3v) is 3.40. The second-order valence-corrected chi connectivity index (χ2v) is 4.88. The van der Waals surface area contributed by atoms with Gasteiger partial charge in [-0.3, -0.25) is 4.79 Å². The molecule has 3 nitrogen and oxygen atoms in total. The number of amides is 1. The van der Waals surface area contributed by atoms with E-state index in [0.29, 0.717) is 16.1 Å². The monoisotopic (exact) mass is 307 g/mol. The highest BCUT2D eigenvalue weighted by atomic mass is 35.5. The number of methoxy groups -OCH3 is 1. The van der Waals surface area contributed by atoms with Gasteiger partial charge < -0.3 is 10.1 Å². The third kappa shape index (κ3) is 4.03. The van der Waals surface area contributed by atoms with Gasteiger partial charge in [-0.2, -0.15) is 0 Å². The molecule has 0 heterocycles. The molecule has 0 aromatic heterocycles. The van der Waals surface area contributed by atoms with Crippen LogP contribution in [0.3, 0.4) is 0 Å². The molecule has 0 saturated heterocycles. The maximum atomic E-state index is 13.2. The summed E-state index contributed by atoms with van der Waals surface area (Å²) in [7, 11) is 1.51. The number of nitrogens with one attached hydrogen (secondary N) is 1. The molecule has 0 bridgehead atoms. The molecular weight excluding hydrogens is 293 g/mol. The van der Waals surface area contributed by atoms with Crippen LogP contribution in [0.25, 0.3) is 0 Å². The maximum Gasteiger partial charge on any atom is 0.252 e. The minimum atomic E-state index is -0.424. The summed E-state index contributed by atoms with van der Waals surface area (Å²) in [5, 5.41) is 3.12. The van der Waals surface area contributed by atoms with Crippen molar-refractivity contribution in [1.29, 1.82) is 0 Å². The average Bonchev–Trinajstić information content (AvgIpc) is 2.48. The number of halogens is 2. The Morgan fingerprint density at radius 1 is 1.29 bits per heavy atom. The van der Waals surface area contributed by atoms with Crippen LogP contribution in [0, 0.1) is 5.82 Å². The van der Waals surface area contributed by atoms with Gasteiger partial charge in [0.05, 0.1) is 16.7 Å². The van der Waals surface area contributed by atoms with Gasteiger partial charge in [0.2, 0.25) is 0 Å². The smallest absolute Gasteiger partial charge is 0.252 e. The molecule has 0 aliphatic rings. The fourth-order valence-electron chi connectivity index (χ4n) is 1.97. The number of rotatable bonds is 5. The largest absolute Gasteiger partial charge is 0.375 e. The highest BCUT2D eigenvalue weighted by Gasteiger charge is 2.15. The highest BCUT2D eigenvalue weighted by molar-refractivity contribution is 6.33. The molecule has 0 unspecified atom stereocenters. The zero-order valence-electron chi connectivity index (χ0n) is 11.5. The van der Waals surface area contributed by atoms with E-state index in [-0.39, 0.29) is 18.3 Å². The lowest BCUT2D eigenvalue weighted by Crippen LogP contribution is -2.29. The third-order valence-electron chi connectivity index (χ3n) is 3.07. The van der Waals surface area contributed by atoms with Crippen molar-refractivity contribution in [2.75, 3.05) is 13.7 Å². The molecular formula is C16H15ClFNO2. The predicted octanol–water partition coefficient (Wildman–Crippen LogP) is 3.60. The van der Waals surface area contributed by atoms with E-state index in [4.69, 9.17) is 16.3 Å². The van der Waals surface area contributed by atoms with Gasteiger partial charge in [-0.25, -0.2) is 4.39 Å². The molecule has 1 amide bonds. The lowest BCUT2D eigenvalue weighted by Gasteiger charge is -2.17. The normalized spacial score (nSPS) is 12.0. The van der Waals surface area contributed by atoms with Crippen LogP contribution in [0.2, 0.25) is 5.02 Å². The summed E-state index contributed by atoms with van der Waals surface area (Å²) < 4.78 is 18.5. The maximum absolute atomic E-state index is 13.2. The Morgan fingerprint density at radius 3 is 2.71 bits per heavy atom. The van der Waals surface area contributed by atoms with E-state index in [0.717, 1.165) is 0 Å². The summed E-state index contributed by atoms with van der Waals surface area (Å²) in [5.74, 6) is -0.633. The standard InChI is InChI=1S/C16H15ClFNO2/c1-21-15(11-5-4-6-12(18)9-11)10-19-16(20)13-7-2-3-8-14(13)17/h2-9,15H,10H2,1H3,(H,19,20)/t15-/m0/s1. The SMILES string of the molecule is CO[C@@H](CNC(=O)c1ccccc1Cl)c1cccc(F)c1. The number of carbonyl (C=O) groups excluding carboxylic acids is 1. The quantitative estimate of drug-likeness (QED) is 0.916. The van der Waals surface area contributed by atoms with Gasteiger partial charge >= 0.3 is 0 Å². The van der Waals surface area contributed by atoms with Crippen LogP contribution in [0.15, 0.2) is 48.5 Å². The zero-order valence-corrected chi connectivity index (χ0v) is 12.2. The van der Waals surface area contributed by atoms with Crippen LogP contribution < -0.4 is 5.32 Å². The minimum absolute atomic E-state index is 0.226. The second kappa shape index (κ2) is 7.20. The fraction of sp³-hybridized carbons (Fsp3) is 0.188. The summed E-state index contributed by atoms with van der Waals surface area (Å²) in [6.45, 7) is 0.226. The van der Waals surface area contributed by atoms with Gasteiger partial charge in [-0.15, -0.1) is 0 Å². The molecule has 110 valence electrons. The van der Waals surface area contributed by atoms with E-state index in [1.54, 1.807) is 36.4 Å². The predicted molar refractivity (Wildman–Crippen MR) is 79.9 cm³/mol. The van der Waals surface area contributed by atoms with Gasteiger partial charge in [0.15, 0.2) is 0 Å². The number of benzene rings is 2. The van der Waals surface area contributed by atoms with Crippen molar-refractivity contribution >= 4 is 17.5 Å². The summed E-state index contributed by atoms with van der Waals surface area (Å²) in [6.07, 6.45) is -0.424. The number of ether oxygens (including phenoxy) is 1. The summed E-state index contributed by atoms with van der Waals surface area (Å²) >= 11 is 5.96. The molecule has 0 fully saturated rings. The first-order chi connectivity index (χ1) is 10.1. The molecule has 5 heteroatoms. The Kier molecular flexibility index (Phi) is 5.31. The molecule has 0 aliphatic carbocycles. The van der Waals surface area contributed by atoms with Crippen LogP contribution in [0.1, 0.15) is 22.0 Å². The van der Waals surface area contributed by atoms with Crippen molar-refractivity contribution in [2.24, 2.45) is 0 Å². The van der Waals surface area contributed by atoms with Gasteiger partial charge in [-0.05, 0) is 29.8 Å². The number of hydrogen-bond acceptors (Lipinski definition) is 2. The topological polar surface area (TPSA) is 38.3 Å².